The number of aromatic nitrogens is 2. The molecule has 8 nitrogen and oxygen atoms in total. The fraction of sp³-hybridized carbons (Fsp3) is 0.389. The molecule has 0 aliphatic carbocycles. The number of methoxy groups -OCH3 is 1. The summed E-state index contributed by atoms with van der Waals surface area (Å²) >= 11 is 0. The molecule has 0 spiro atoms. The van der Waals surface area contributed by atoms with Crippen LogP contribution in [0.5, 0.6) is 11.5 Å². The molecule has 1 aliphatic heterocycles. The van der Waals surface area contributed by atoms with E-state index in [9.17, 15) is 14.7 Å². The zero-order chi connectivity index (χ0) is 18.8. The van der Waals surface area contributed by atoms with Crippen LogP contribution in [-0.2, 0) is 20.9 Å². The number of phenols is 1. The summed E-state index contributed by atoms with van der Waals surface area (Å²) in [7, 11) is 1.48. The first-order chi connectivity index (χ1) is 12.4. The highest BCUT2D eigenvalue weighted by Crippen LogP contribution is 2.41. The molecule has 1 amide bonds. The third kappa shape index (κ3) is 3.22. The van der Waals surface area contributed by atoms with Gasteiger partial charge in [-0.2, -0.15) is 5.10 Å². The van der Waals surface area contributed by atoms with E-state index in [2.05, 4.69) is 10.4 Å². The Morgan fingerprint density at radius 3 is 2.88 bits per heavy atom. The average Bonchev–Trinajstić information content (AvgIpc) is 2.89. The van der Waals surface area contributed by atoms with Crippen molar-refractivity contribution in [3.05, 3.63) is 35.0 Å². The molecule has 138 valence electrons. The van der Waals surface area contributed by atoms with Crippen molar-refractivity contribution in [2.24, 2.45) is 0 Å². The van der Waals surface area contributed by atoms with Crippen molar-refractivity contribution in [3.63, 3.8) is 0 Å². The van der Waals surface area contributed by atoms with E-state index in [1.807, 2.05) is 13.0 Å². The van der Waals surface area contributed by atoms with Crippen molar-refractivity contribution in [3.8, 4) is 11.5 Å². The normalized spacial score (nSPS) is 16.0. The summed E-state index contributed by atoms with van der Waals surface area (Å²) in [6, 6.07) is 5.07. The average molecular weight is 359 g/mol. The molecule has 2 aromatic rings. The van der Waals surface area contributed by atoms with Crippen LogP contribution in [0.1, 0.15) is 36.1 Å². The van der Waals surface area contributed by atoms with Gasteiger partial charge in [0, 0.05) is 17.9 Å². The van der Waals surface area contributed by atoms with Gasteiger partial charge in [0.1, 0.15) is 12.4 Å². The number of aromatic hydroxyl groups is 1. The molecule has 1 atom stereocenters. The lowest BCUT2D eigenvalue weighted by Gasteiger charge is -2.24. The molecule has 8 heteroatoms. The summed E-state index contributed by atoms with van der Waals surface area (Å²) in [4.78, 5) is 24.0. The number of hydrogen-bond donors (Lipinski definition) is 2. The summed E-state index contributed by atoms with van der Waals surface area (Å²) in [6.45, 7) is 3.76. The lowest BCUT2D eigenvalue weighted by molar-refractivity contribution is -0.144. The minimum atomic E-state index is -0.420. The molecule has 1 aliphatic rings. The number of benzene rings is 1. The predicted molar refractivity (Wildman–Crippen MR) is 93.3 cm³/mol. The van der Waals surface area contributed by atoms with Crippen LogP contribution in [0.4, 0.5) is 5.82 Å². The molecule has 0 fully saturated rings. The molecule has 2 N–H and O–H groups in total. The largest absolute Gasteiger partial charge is 0.504 e. The lowest BCUT2D eigenvalue weighted by Crippen LogP contribution is -2.26. The highest BCUT2D eigenvalue weighted by atomic mass is 16.5. The number of phenolic OH excluding ortho intramolecular Hbond substituents is 1. The van der Waals surface area contributed by atoms with Crippen molar-refractivity contribution >= 4 is 17.7 Å². The van der Waals surface area contributed by atoms with Gasteiger partial charge >= 0.3 is 5.97 Å². The fourth-order valence-corrected chi connectivity index (χ4v) is 3.27. The molecule has 3 rings (SSSR count). The molecule has 1 aromatic carbocycles. The van der Waals surface area contributed by atoms with Crippen LogP contribution >= 0.6 is 0 Å². The summed E-state index contributed by atoms with van der Waals surface area (Å²) < 4.78 is 11.5. The van der Waals surface area contributed by atoms with Crippen molar-refractivity contribution in [1.29, 1.82) is 0 Å². The Kier molecular flexibility index (Phi) is 4.83. The maximum absolute atomic E-state index is 12.2. The van der Waals surface area contributed by atoms with Crippen molar-refractivity contribution in [2.75, 3.05) is 19.0 Å². The van der Waals surface area contributed by atoms with E-state index < -0.39 is 5.97 Å². The number of amides is 1. The number of carbonyl (C=O) groups excluding carboxylic acids is 2. The summed E-state index contributed by atoms with van der Waals surface area (Å²) in [6.07, 6.45) is 0.227. The number of nitrogens with one attached hydrogen (secondary N) is 1. The molecular formula is C18H21N3O5. The number of esters is 1. The van der Waals surface area contributed by atoms with E-state index in [1.54, 1.807) is 19.1 Å². The van der Waals surface area contributed by atoms with E-state index in [0.29, 0.717) is 17.3 Å². The minimum Gasteiger partial charge on any atom is -0.504 e. The molecule has 0 bridgehead atoms. The second-order valence-electron chi connectivity index (χ2n) is 6.05. The molecule has 0 unspecified atom stereocenters. The Morgan fingerprint density at radius 1 is 1.46 bits per heavy atom. The Balaban J connectivity index is 2.01. The number of fused-ring (bicyclic) bond motifs is 1. The number of anilines is 1. The topological polar surface area (TPSA) is 103 Å². The zero-order valence-electron chi connectivity index (χ0n) is 14.9. The highest BCUT2D eigenvalue weighted by Gasteiger charge is 2.33. The van der Waals surface area contributed by atoms with Gasteiger partial charge in [0.2, 0.25) is 5.91 Å². The van der Waals surface area contributed by atoms with Gasteiger partial charge in [0.25, 0.3) is 0 Å². The Labute approximate surface area is 150 Å². The number of rotatable bonds is 5. The van der Waals surface area contributed by atoms with E-state index in [1.165, 1.54) is 11.8 Å². The first-order valence-corrected chi connectivity index (χ1v) is 8.34. The van der Waals surface area contributed by atoms with E-state index in [-0.39, 0.29) is 37.1 Å². The van der Waals surface area contributed by atoms with Crippen LogP contribution in [0.15, 0.2) is 18.2 Å². The van der Waals surface area contributed by atoms with Crippen LogP contribution in [0.25, 0.3) is 0 Å². The number of aryl methyl sites for hydroxylation is 1. The second-order valence-corrected chi connectivity index (χ2v) is 6.05. The van der Waals surface area contributed by atoms with E-state index >= 15 is 0 Å². The van der Waals surface area contributed by atoms with E-state index in [4.69, 9.17) is 9.47 Å². The van der Waals surface area contributed by atoms with Gasteiger partial charge in [-0.05, 0) is 31.5 Å². The number of nitrogens with zero attached hydrogens (tertiary/aromatic N) is 2. The van der Waals surface area contributed by atoms with Gasteiger partial charge in [0.15, 0.2) is 11.5 Å². The van der Waals surface area contributed by atoms with E-state index in [0.717, 1.165) is 11.1 Å². The minimum absolute atomic E-state index is 0.00843. The maximum Gasteiger partial charge on any atom is 0.327 e. The molecule has 2 heterocycles. The number of carbonyl (C=O) groups is 2. The summed E-state index contributed by atoms with van der Waals surface area (Å²) in [5.74, 6) is -0.00393. The van der Waals surface area contributed by atoms with Crippen molar-refractivity contribution in [2.45, 2.75) is 32.7 Å². The second kappa shape index (κ2) is 7.07. The van der Waals surface area contributed by atoms with Crippen LogP contribution in [-0.4, -0.2) is 40.5 Å². The van der Waals surface area contributed by atoms with Crippen molar-refractivity contribution < 1.29 is 24.2 Å². The van der Waals surface area contributed by atoms with Crippen LogP contribution in [0, 0.1) is 6.92 Å². The predicted octanol–water partition coefficient (Wildman–Crippen LogP) is 1.94. The molecule has 0 saturated carbocycles. The van der Waals surface area contributed by atoms with Crippen LogP contribution < -0.4 is 10.1 Å². The van der Waals surface area contributed by atoms with Gasteiger partial charge in [-0.3, -0.25) is 9.59 Å². The van der Waals surface area contributed by atoms with Gasteiger partial charge in [-0.15, -0.1) is 0 Å². The summed E-state index contributed by atoms with van der Waals surface area (Å²) in [5.41, 5.74) is 2.32. The smallest absolute Gasteiger partial charge is 0.327 e. The zero-order valence-corrected chi connectivity index (χ0v) is 14.9. The van der Waals surface area contributed by atoms with Gasteiger partial charge in [-0.25, -0.2) is 4.68 Å². The molecular weight excluding hydrogens is 338 g/mol. The van der Waals surface area contributed by atoms with Gasteiger partial charge in [0.05, 0.1) is 19.4 Å². The van der Waals surface area contributed by atoms with Crippen LogP contribution in [0.2, 0.25) is 0 Å². The van der Waals surface area contributed by atoms with Crippen LogP contribution in [0.3, 0.4) is 0 Å². The molecule has 0 radical (unpaired) electrons. The van der Waals surface area contributed by atoms with Crippen molar-refractivity contribution in [1.82, 2.24) is 9.78 Å². The summed E-state index contributed by atoms with van der Waals surface area (Å²) in [5, 5.41) is 17.3. The standard InChI is InChI=1S/C18H21N3O5/c1-4-26-16(24)9-21-18-17(10(2)20-21)12(8-15(23)19-18)11-5-6-14(25-3)13(22)7-11/h5-7,12,22H,4,8-9H2,1-3H3,(H,19,23)/t12-/m1/s1. The monoisotopic (exact) mass is 359 g/mol. The van der Waals surface area contributed by atoms with Gasteiger partial charge < -0.3 is 19.9 Å². The maximum atomic E-state index is 12.2. The Hall–Kier alpha value is -3.03. The fourth-order valence-electron chi connectivity index (χ4n) is 3.27. The molecule has 0 saturated heterocycles. The highest BCUT2D eigenvalue weighted by molar-refractivity contribution is 5.95. The quantitative estimate of drug-likeness (QED) is 0.791. The lowest BCUT2D eigenvalue weighted by atomic mass is 9.85. The number of hydrogen-bond acceptors (Lipinski definition) is 6. The third-order valence-electron chi connectivity index (χ3n) is 4.36. The first kappa shape index (κ1) is 17.8. The number of ether oxygens (including phenoxy) is 2. The first-order valence-electron chi connectivity index (χ1n) is 8.34. The molecule has 1 aromatic heterocycles. The Morgan fingerprint density at radius 2 is 2.23 bits per heavy atom. The third-order valence-corrected chi connectivity index (χ3v) is 4.36. The molecule has 26 heavy (non-hydrogen) atoms. The van der Waals surface area contributed by atoms with Gasteiger partial charge in [-0.1, -0.05) is 6.07 Å². The Bertz CT molecular complexity index is 859. The SMILES string of the molecule is CCOC(=O)Cn1nc(C)c2c1NC(=O)C[C@@H]2c1ccc(OC)c(O)c1.